The maximum absolute atomic E-state index is 13.5. The van der Waals surface area contributed by atoms with E-state index in [1.54, 1.807) is 12.1 Å². The highest BCUT2D eigenvalue weighted by molar-refractivity contribution is 6.39. The molecule has 2 aliphatic heterocycles. The summed E-state index contributed by atoms with van der Waals surface area (Å²) in [6.07, 6.45) is 4.12. The van der Waals surface area contributed by atoms with Crippen molar-refractivity contribution in [3.05, 3.63) is 131 Å². The van der Waals surface area contributed by atoms with E-state index in [9.17, 15) is 33.9 Å². The molecule has 4 heterocycles. The van der Waals surface area contributed by atoms with E-state index in [0.29, 0.717) is 59.4 Å². The second-order valence-corrected chi connectivity index (χ2v) is 20.3. The molecule has 7 aromatic rings. The van der Waals surface area contributed by atoms with E-state index in [2.05, 4.69) is 25.1 Å². The number of ether oxygens (including phenoxy) is 1. The molecule has 394 valence electrons. The largest absolute Gasteiger partial charge is 0.478 e. The smallest absolute Gasteiger partial charge is 0.336 e. The number of para-hydroxylation sites is 2. The van der Waals surface area contributed by atoms with Gasteiger partial charge in [0.2, 0.25) is 11.3 Å². The number of unbranched alkanes of at least 4 members (excludes halogenated alkanes) is 4. The Kier molecular flexibility index (Phi) is 14.6. The summed E-state index contributed by atoms with van der Waals surface area (Å²) < 4.78 is 18.4. The molecule has 4 amide bonds. The number of carboxylic acids is 1. The first-order valence-corrected chi connectivity index (χ1v) is 26.4. The Balaban J connectivity index is 0.753. The van der Waals surface area contributed by atoms with Crippen molar-refractivity contribution in [1.82, 2.24) is 29.7 Å². The number of nitrogens with zero attached hydrogens (tertiary/aromatic N) is 4. The molecule has 77 heavy (non-hydrogen) atoms. The van der Waals surface area contributed by atoms with Crippen molar-refractivity contribution in [2.24, 2.45) is 7.05 Å². The highest BCUT2D eigenvalue weighted by Crippen LogP contribution is 2.45. The predicted molar refractivity (Wildman–Crippen MR) is 300 cm³/mol. The number of rotatable bonds is 19. The molecule has 16 nitrogen and oxygen atoms in total. The van der Waals surface area contributed by atoms with Crippen LogP contribution in [0.5, 0.6) is 0 Å². The van der Waals surface area contributed by atoms with Crippen LogP contribution in [0.2, 0.25) is 0 Å². The molecule has 0 saturated heterocycles. The third kappa shape index (κ3) is 9.73. The lowest BCUT2D eigenvalue weighted by Gasteiger charge is -2.19. The summed E-state index contributed by atoms with van der Waals surface area (Å²) >= 11 is 5.81. The number of carbonyl (C=O) groups excluding carboxylic acids is 5. The number of aryl methyl sites for hydroxylation is 2. The maximum Gasteiger partial charge on any atom is 0.336 e. The van der Waals surface area contributed by atoms with Crippen LogP contribution in [0.1, 0.15) is 86.4 Å². The number of aromatic nitrogens is 2. The first-order chi connectivity index (χ1) is 37.2. The molecule has 1 unspecified atom stereocenters. The fourth-order valence-electron chi connectivity index (χ4n) is 10.9. The molecular formula is C60H59ClN7O9+. The van der Waals surface area contributed by atoms with Crippen LogP contribution < -0.4 is 30.8 Å². The Hall–Kier alpha value is -8.50. The number of esters is 1. The highest BCUT2D eigenvalue weighted by atomic mass is 35.5. The number of anilines is 1. The third-order valence-corrected chi connectivity index (χ3v) is 14.9. The Morgan fingerprint density at radius 2 is 1.45 bits per heavy atom. The van der Waals surface area contributed by atoms with Gasteiger partial charge in [-0.3, -0.25) is 24.5 Å². The van der Waals surface area contributed by atoms with E-state index < -0.39 is 35.7 Å². The molecule has 1 atom stereocenters. The van der Waals surface area contributed by atoms with Crippen LogP contribution in [0.25, 0.3) is 77.0 Å². The van der Waals surface area contributed by atoms with E-state index in [1.807, 2.05) is 130 Å². The maximum atomic E-state index is 13.5. The molecule has 0 fully saturated rings. The molecule has 4 N–H and O–H groups in total. The molecule has 0 radical (unpaired) electrons. The fourth-order valence-corrected chi connectivity index (χ4v) is 11.0. The number of benzene rings is 6. The average molecular weight is 1060 g/mol. The zero-order chi connectivity index (χ0) is 54.2. The van der Waals surface area contributed by atoms with Gasteiger partial charge in [-0.05, 0) is 86.6 Å². The van der Waals surface area contributed by atoms with Crippen LogP contribution in [0, 0.1) is 0 Å². The van der Waals surface area contributed by atoms with Crippen LogP contribution in [0.4, 0.5) is 5.69 Å². The number of carboxylic acid groups (broad SMARTS) is 1. The molecule has 5 aromatic carbocycles. The Bertz CT molecular complexity index is 3940. The van der Waals surface area contributed by atoms with Gasteiger partial charge in [0.15, 0.2) is 0 Å². The number of fused-ring (bicyclic) bond motifs is 12. The molecular weight excluding hydrogens is 998 g/mol. The van der Waals surface area contributed by atoms with Crippen LogP contribution in [-0.4, -0.2) is 103 Å². The van der Waals surface area contributed by atoms with Crippen molar-refractivity contribution in [2.75, 3.05) is 52.1 Å². The number of aromatic carboxylic acids is 1. The van der Waals surface area contributed by atoms with E-state index in [-0.39, 0.29) is 42.5 Å². The van der Waals surface area contributed by atoms with E-state index in [1.165, 1.54) is 6.07 Å². The van der Waals surface area contributed by atoms with Crippen molar-refractivity contribution in [3.63, 3.8) is 0 Å². The van der Waals surface area contributed by atoms with Crippen LogP contribution in [-0.2, 0) is 27.9 Å². The molecule has 2 aromatic heterocycles. The minimum atomic E-state index is -1.19. The summed E-state index contributed by atoms with van der Waals surface area (Å²) in [5.41, 5.74) is 8.03. The number of carbonyl (C=O) groups is 6. The van der Waals surface area contributed by atoms with Crippen LogP contribution >= 0.6 is 11.6 Å². The molecule has 10 rings (SSSR count). The van der Waals surface area contributed by atoms with Crippen molar-refractivity contribution < 1.29 is 43.0 Å². The molecule has 0 bridgehead atoms. The number of hydrogen-bond acceptors (Lipinski definition) is 9. The fraction of sp³-hybridized carbons (Fsp3) is 0.283. The van der Waals surface area contributed by atoms with Gasteiger partial charge in [-0.25, -0.2) is 14.2 Å². The van der Waals surface area contributed by atoms with Crippen LogP contribution in [0.3, 0.4) is 0 Å². The minimum Gasteiger partial charge on any atom is -0.478 e. The second kappa shape index (κ2) is 21.6. The Morgan fingerprint density at radius 3 is 2.17 bits per heavy atom. The van der Waals surface area contributed by atoms with E-state index in [0.717, 1.165) is 84.9 Å². The van der Waals surface area contributed by atoms with E-state index >= 15 is 0 Å². The van der Waals surface area contributed by atoms with Crippen molar-refractivity contribution in [1.29, 1.82) is 0 Å². The zero-order valence-corrected chi connectivity index (χ0v) is 44.3. The molecule has 17 heteroatoms. The van der Waals surface area contributed by atoms with Gasteiger partial charge in [0.25, 0.3) is 17.7 Å². The van der Waals surface area contributed by atoms with Gasteiger partial charge < -0.3 is 38.9 Å². The predicted octanol–water partition coefficient (Wildman–Crippen LogP) is 9.06. The number of alkyl halides is 1. The van der Waals surface area contributed by atoms with Gasteiger partial charge in [-0.15, -0.1) is 11.6 Å². The van der Waals surface area contributed by atoms with Crippen molar-refractivity contribution >= 4 is 107 Å². The second-order valence-electron chi connectivity index (χ2n) is 20.0. The highest BCUT2D eigenvalue weighted by Gasteiger charge is 2.36. The number of hydrogen-bond donors (Lipinski definition) is 4. The number of imide groups is 1. The summed E-state index contributed by atoms with van der Waals surface area (Å²) in [6.45, 7) is 1.03. The van der Waals surface area contributed by atoms with Gasteiger partial charge in [-0.2, -0.15) is 0 Å². The summed E-state index contributed by atoms with van der Waals surface area (Å²) in [5, 5.41) is 23.7. The number of nitrogens with one attached hydrogen (secondary N) is 3. The van der Waals surface area contributed by atoms with Gasteiger partial charge in [0, 0.05) is 107 Å². The van der Waals surface area contributed by atoms with Gasteiger partial charge in [0.05, 0.1) is 40.4 Å². The van der Waals surface area contributed by atoms with Gasteiger partial charge in [-0.1, -0.05) is 48.9 Å². The number of amides is 4. The van der Waals surface area contributed by atoms with E-state index in [4.69, 9.17) is 20.8 Å². The molecule has 3 aliphatic rings. The lowest BCUT2D eigenvalue weighted by molar-refractivity contribution is -0.148. The standard InChI is InChI=1S/C60H58ClN7O9/c1-65(2)35-22-25-40-46(31-35)77-47-32-36(66(3)4)23-26-41(47)49(40)37-24-21-34(30-42(37)59(73)74)56(70)62-27-13-12-18-43(63-48(69)33-61)60(75)76-29-15-7-6-14-28-68-45-20-11-9-17-39(45)51-53-52(57(71)64-58(53)72)50-38-16-8-10-19-44(38)67(5)54(50)55(51)68/h8-11,16-17,19-26,30-32,43H,6-7,12-15,18,27-29,33H2,1-5H3,(H3-,62,63,64,69,70,71,72,73,74)/p+1. The Morgan fingerprint density at radius 1 is 0.766 bits per heavy atom. The van der Waals surface area contributed by atoms with Crippen molar-refractivity contribution in [2.45, 2.75) is 57.5 Å². The molecule has 1 aliphatic carbocycles. The average Bonchev–Trinajstić information content (AvgIpc) is 4.21. The first-order valence-electron chi connectivity index (χ1n) is 25.8. The lowest BCUT2D eigenvalue weighted by atomic mass is 9.89. The summed E-state index contributed by atoms with van der Waals surface area (Å²) in [4.78, 5) is 81.0. The van der Waals surface area contributed by atoms with Crippen LogP contribution in [0.15, 0.2) is 108 Å². The first kappa shape index (κ1) is 52.0. The Labute approximate surface area is 448 Å². The summed E-state index contributed by atoms with van der Waals surface area (Å²) in [6, 6.07) is 31.2. The van der Waals surface area contributed by atoms with Crippen molar-refractivity contribution in [3.8, 4) is 22.5 Å². The van der Waals surface area contributed by atoms with Gasteiger partial charge in [0.1, 0.15) is 37.4 Å². The number of halogens is 1. The molecule has 0 spiro atoms. The molecule has 0 saturated carbocycles. The quantitative estimate of drug-likeness (QED) is 0.0151. The topological polar surface area (TPSA) is 197 Å². The zero-order valence-electron chi connectivity index (χ0n) is 43.6. The third-order valence-electron chi connectivity index (χ3n) is 14.7. The SMILES string of the molecule is CN(C)c1ccc2c(-c3ccc(C(=O)NCCCCC(NC(=O)CCl)C(=O)OCCCCCCn4c5ccccc5c5c6c(c7c8ccccc8n(C)c7c54)C(=O)NC6=O)cc3C(=O)O)c3ccc(=[N+](C)C)cc-3oc2c1. The normalized spacial score (nSPS) is 12.7. The van der Waals surface area contributed by atoms with Gasteiger partial charge >= 0.3 is 11.9 Å². The monoisotopic (exact) mass is 1060 g/mol. The minimum absolute atomic E-state index is 0.0426. The summed E-state index contributed by atoms with van der Waals surface area (Å²) in [7, 11) is 9.72. The summed E-state index contributed by atoms with van der Waals surface area (Å²) in [5.74, 6) is -3.26. The lowest BCUT2D eigenvalue weighted by Crippen LogP contribution is -2.42.